The summed E-state index contributed by atoms with van der Waals surface area (Å²) in [6.07, 6.45) is 3.57. The Morgan fingerprint density at radius 2 is 1.79 bits per heavy atom. The van der Waals surface area contributed by atoms with Gasteiger partial charge in [-0.1, -0.05) is 11.3 Å². The number of nitrogens with zero attached hydrogens (tertiary/aromatic N) is 6. The second kappa shape index (κ2) is 5.94. The molecule has 3 aromatic rings. The molecule has 0 saturated carbocycles. The van der Waals surface area contributed by atoms with Crippen LogP contribution in [0.4, 0.5) is 15.3 Å². The number of aromatic nitrogens is 4. The zero-order chi connectivity index (χ0) is 16.7. The van der Waals surface area contributed by atoms with E-state index in [9.17, 15) is 4.39 Å². The van der Waals surface area contributed by atoms with Crippen molar-refractivity contribution in [1.82, 2.24) is 19.9 Å². The number of fused-ring (bicyclic) bond motifs is 1. The number of halogens is 1. The van der Waals surface area contributed by atoms with E-state index in [1.165, 1.54) is 0 Å². The fraction of sp³-hybridized carbons (Fsp3) is 0.375. The van der Waals surface area contributed by atoms with Crippen LogP contribution < -0.4 is 9.80 Å². The van der Waals surface area contributed by atoms with Gasteiger partial charge in [0.2, 0.25) is 0 Å². The van der Waals surface area contributed by atoms with E-state index in [1.54, 1.807) is 37.6 Å². The van der Waals surface area contributed by atoms with Crippen LogP contribution in [0.15, 0.2) is 18.5 Å². The van der Waals surface area contributed by atoms with Gasteiger partial charge in [0, 0.05) is 32.4 Å². The molecular weight excluding hydrogens is 327 g/mol. The van der Waals surface area contributed by atoms with Gasteiger partial charge in [-0.15, -0.1) is 0 Å². The van der Waals surface area contributed by atoms with Crippen LogP contribution in [-0.4, -0.2) is 46.1 Å². The Kier molecular flexibility index (Phi) is 3.76. The van der Waals surface area contributed by atoms with Crippen LogP contribution >= 0.6 is 11.3 Å². The maximum absolute atomic E-state index is 14.3. The zero-order valence-electron chi connectivity index (χ0n) is 13.5. The first-order valence-corrected chi connectivity index (χ1v) is 8.64. The van der Waals surface area contributed by atoms with Gasteiger partial charge in [0.15, 0.2) is 16.8 Å². The van der Waals surface area contributed by atoms with E-state index in [2.05, 4.69) is 24.8 Å². The highest BCUT2D eigenvalue weighted by Gasteiger charge is 2.24. The number of pyridine rings is 1. The van der Waals surface area contributed by atoms with Crippen LogP contribution in [0, 0.1) is 19.7 Å². The smallest absolute Gasteiger partial charge is 0.186 e. The molecule has 3 aromatic heterocycles. The topological polar surface area (TPSA) is 58.0 Å². The second-order valence-corrected chi connectivity index (χ2v) is 6.82. The molecule has 0 bridgehead atoms. The predicted molar refractivity (Wildman–Crippen MR) is 93.3 cm³/mol. The van der Waals surface area contributed by atoms with Gasteiger partial charge in [0.1, 0.15) is 11.3 Å². The first kappa shape index (κ1) is 15.2. The van der Waals surface area contributed by atoms with Crippen LogP contribution in [0.2, 0.25) is 0 Å². The molecule has 4 heterocycles. The quantitative estimate of drug-likeness (QED) is 0.712. The highest BCUT2D eigenvalue weighted by atomic mass is 32.1. The van der Waals surface area contributed by atoms with Crippen molar-refractivity contribution in [3.8, 4) is 0 Å². The van der Waals surface area contributed by atoms with Crippen LogP contribution in [-0.2, 0) is 0 Å². The number of piperazine rings is 1. The lowest BCUT2D eigenvalue weighted by Crippen LogP contribution is -2.47. The summed E-state index contributed by atoms with van der Waals surface area (Å²) in [5, 5.41) is 0.994. The molecule has 0 aromatic carbocycles. The summed E-state index contributed by atoms with van der Waals surface area (Å²) in [6.45, 7) is 6.46. The van der Waals surface area contributed by atoms with Gasteiger partial charge >= 0.3 is 0 Å². The van der Waals surface area contributed by atoms with E-state index in [1.807, 2.05) is 11.0 Å². The second-order valence-electron chi connectivity index (χ2n) is 5.81. The summed E-state index contributed by atoms with van der Waals surface area (Å²) in [7, 11) is 0. The first-order chi connectivity index (χ1) is 11.6. The molecule has 124 valence electrons. The van der Waals surface area contributed by atoms with E-state index in [4.69, 9.17) is 0 Å². The molecule has 0 atom stereocenters. The molecule has 1 fully saturated rings. The minimum absolute atomic E-state index is 0.319. The molecule has 0 unspecified atom stereocenters. The lowest BCUT2D eigenvalue weighted by Gasteiger charge is -2.35. The average molecular weight is 344 g/mol. The number of hydrogen-bond acceptors (Lipinski definition) is 7. The Balaban J connectivity index is 1.52. The van der Waals surface area contributed by atoms with E-state index in [0.717, 1.165) is 28.4 Å². The lowest BCUT2D eigenvalue weighted by molar-refractivity contribution is 0.571. The van der Waals surface area contributed by atoms with Crippen molar-refractivity contribution < 1.29 is 4.39 Å². The molecule has 1 aliphatic heterocycles. The Morgan fingerprint density at radius 1 is 1.04 bits per heavy atom. The summed E-state index contributed by atoms with van der Waals surface area (Å²) in [5.41, 5.74) is 1.33. The molecule has 4 rings (SSSR count). The fourth-order valence-electron chi connectivity index (χ4n) is 2.90. The molecule has 6 nitrogen and oxygen atoms in total. The Hall–Kier alpha value is -2.35. The standard InChI is InChI=1S/C16H17FN6S/c1-10-14(17)15(20-11(2)19-10)22-5-7-23(8-6-22)16-21-12-9-18-4-3-13(12)24-16/h3-4,9H,5-8H2,1-2H3. The van der Waals surface area contributed by atoms with Gasteiger partial charge in [-0.05, 0) is 19.9 Å². The number of hydrogen-bond donors (Lipinski definition) is 0. The predicted octanol–water partition coefficient (Wildman–Crippen LogP) is 2.56. The maximum Gasteiger partial charge on any atom is 0.186 e. The summed E-state index contributed by atoms with van der Waals surface area (Å²) < 4.78 is 15.5. The molecule has 1 saturated heterocycles. The monoisotopic (exact) mass is 344 g/mol. The van der Waals surface area contributed by atoms with E-state index < -0.39 is 0 Å². The highest BCUT2D eigenvalue weighted by molar-refractivity contribution is 7.22. The van der Waals surface area contributed by atoms with Crippen molar-refractivity contribution in [2.75, 3.05) is 36.0 Å². The largest absolute Gasteiger partial charge is 0.351 e. The summed E-state index contributed by atoms with van der Waals surface area (Å²) in [4.78, 5) is 21.3. The Morgan fingerprint density at radius 3 is 2.54 bits per heavy atom. The summed E-state index contributed by atoms with van der Waals surface area (Å²) >= 11 is 1.67. The Labute approximate surface area is 143 Å². The van der Waals surface area contributed by atoms with Crippen molar-refractivity contribution in [2.45, 2.75) is 13.8 Å². The first-order valence-electron chi connectivity index (χ1n) is 7.83. The third kappa shape index (κ3) is 2.66. The van der Waals surface area contributed by atoms with Crippen LogP contribution in [0.3, 0.4) is 0 Å². The van der Waals surface area contributed by atoms with Crippen molar-refractivity contribution in [2.24, 2.45) is 0 Å². The molecule has 0 radical (unpaired) electrons. The summed E-state index contributed by atoms with van der Waals surface area (Å²) in [6, 6.07) is 1.98. The van der Waals surface area contributed by atoms with Crippen molar-refractivity contribution in [1.29, 1.82) is 0 Å². The molecule has 0 N–H and O–H groups in total. The highest BCUT2D eigenvalue weighted by Crippen LogP contribution is 2.29. The number of aryl methyl sites for hydroxylation is 2. The van der Waals surface area contributed by atoms with Gasteiger partial charge in [-0.3, -0.25) is 4.98 Å². The van der Waals surface area contributed by atoms with Gasteiger partial charge in [0.25, 0.3) is 0 Å². The molecule has 1 aliphatic rings. The minimum Gasteiger partial charge on any atom is -0.351 e. The van der Waals surface area contributed by atoms with Gasteiger partial charge in [-0.2, -0.15) is 0 Å². The van der Waals surface area contributed by atoms with E-state index in [0.29, 0.717) is 30.4 Å². The van der Waals surface area contributed by atoms with Gasteiger partial charge < -0.3 is 9.80 Å². The third-order valence-corrected chi connectivity index (χ3v) is 5.24. The minimum atomic E-state index is -0.319. The average Bonchev–Trinajstić information content (AvgIpc) is 3.02. The number of rotatable bonds is 2. The van der Waals surface area contributed by atoms with Crippen LogP contribution in [0.5, 0.6) is 0 Å². The Bertz CT molecular complexity index is 854. The van der Waals surface area contributed by atoms with Crippen LogP contribution in [0.25, 0.3) is 10.2 Å². The van der Waals surface area contributed by atoms with Crippen molar-refractivity contribution >= 4 is 32.5 Å². The van der Waals surface area contributed by atoms with E-state index >= 15 is 0 Å². The molecule has 0 aliphatic carbocycles. The van der Waals surface area contributed by atoms with Crippen molar-refractivity contribution in [3.63, 3.8) is 0 Å². The van der Waals surface area contributed by atoms with Crippen molar-refractivity contribution in [3.05, 3.63) is 35.8 Å². The van der Waals surface area contributed by atoms with Gasteiger partial charge in [0.05, 0.1) is 16.6 Å². The third-order valence-electron chi connectivity index (χ3n) is 4.14. The molecule has 8 heteroatoms. The normalized spacial score (nSPS) is 15.3. The molecular formula is C16H17FN6S. The fourth-order valence-corrected chi connectivity index (χ4v) is 3.89. The van der Waals surface area contributed by atoms with E-state index in [-0.39, 0.29) is 5.82 Å². The SMILES string of the molecule is Cc1nc(C)c(F)c(N2CCN(c3nc4cnccc4s3)CC2)n1. The maximum atomic E-state index is 14.3. The lowest BCUT2D eigenvalue weighted by atomic mass is 10.3. The van der Waals surface area contributed by atoms with Gasteiger partial charge in [-0.25, -0.2) is 19.3 Å². The van der Waals surface area contributed by atoms with Crippen LogP contribution in [0.1, 0.15) is 11.5 Å². The number of anilines is 2. The molecule has 0 spiro atoms. The molecule has 24 heavy (non-hydrogen) atoms. The summed E-state index contributed by atoms with van der Waals surface area (Å²) in [5.74, 6) is 0.693. The molecule has 0 amide bonds. The number of thiazole rings is 1. The zero-order valence-corrected chi connectivity index (χ0v) is 14.3.